The Morgan fingerprint density at radius 2 is 1.05 bits per heavy atom. The molecule has 0 N–H and O–H groups in total. The lowest BCUT2D eigenvalue weighted by Gasteiger charge is -2.26. The Labute approximate surface area is 136 Å². The molecule has 4 nitrogen and oxygen atoms in total. The molecule has 112 valence electrons. The van der Waals surface area contributed by atoms with Crippen molar-refractivity contribution in [2.45, 2.75) is 9.79 Å². The number of rotatable bonds is 0. The highest BCUT2D eigenvalue weighted by atomic mass is 33.1. The lowest BCUT2D eigenvalue weighted by Crippen LogP contribution is -2.42. The van der Waals surface area contributed by atoms with Gasteiger partial charge in [0.15, 0.2) is 0 Å². The smallest absolute Gasteiger partial charge is 0.306 e. The molecule has 0 fully saturated rings. The van der Waals surface area contributed by atoms with Crippen molar-refractivity contribution >= 4 is 44.8 Å². The standard InChI is InChI=1S/C16H14N2O2S2/c1-17-11-7-3-5-9-13(11)21-22-14-10-6-4-8-12(14)18(2)16(20)15(17)19/h3-10H,1-2H3. The Balaban J connectivity index is 2.13. The molecule has 3 rings (SSSR count). The molecule has 0 aromatic heterocycles. The second-order valence-corrected chi connectivity index (χ2v) is 7.04. The van der Waals surface area contributed by atoms with Gasteiger partial charge in [-0.1, -0.05) is 45.9 Å². The third kappa shape index (κ3) is 2.60. The van der Waals surface area contributed by atoms with Crippen LogP contribution >= 0.6 is 21.6 Å². The quantitative estimate of drug-likeness (QED) is 0.548. The average molecular weight is 330 g/mol. The van der Waals surface area contributed by atoms with E-state index in [1.165, 1.54) is 9.80 Å². The van der Waals surface area contributed by atoms with E-state index >= 15 is 0 Å². The third-order valence-electron chi connectivity index (χ3n) is 3.47. The van der Waals surface area contributed by atoms with E-state index in [-0.39, 0.29) is 0 Å². The Kier molecular flexibility index (Phi) is 4.13. The van der Waals surface area contributed by atoms with Crippen LogP contribution in [0, 0.1) is 0 Å². The van der Waals surface area contributed by atoms with Gasteiger partial charge in [0, 0.05) is 23.9 Å². The Hall–Kier alpha value is -1.92. The van der Waals surface area contributed by atoms with Crippen LogP contribution in [0.25, 0.3) is 0 Å². The maximum atomic E-state index is 12.5. The SMILES string of the molecule is CN1C(=O)C(=O)N(C)c2ccccc2SSc2ccccc21. The number of para-hydroxylation sites is 2. The number of nitrogens with zero attached hydrogens (tertiary/aromatic N) is 2. The van der Waals surface area contributed by atoms with Crippen LogP contribution in [-0.2, 0) is 9.59 Å². The number of carbonyl (C=O) groups is 2. The fraction of sp³-hybridized carbons (Fsp3) is 0.125. The molecular formula is C16H14N2O2S2. The summed E-state index contributed by atoms with van der Waals surface area (Å²) in [7, 11) is 6.43. The number of hydrogen-bond acceptors (Lipinski definition) is 4. The summed E-state index contributed by atoms with van der Waals surface area (Å²) in [6, 6.07) is 15.2. The number of amides is 2. The number of carbonyl (C=O) groups excluding carboxylic acids is 2. The number of anilines is 2. The minimum absolute atomic E-state index is 0.544. The van der Waals surface area contributed by atoms with Crippen LogP contribution in [0.5, 0.6) is 0 Å². The van der Waals surface area contributed by atoms with Crippen molar-refractivity contribution in [2.24, 2.45) is 0 Å². The summed E-state index contributed by atoms with van der Waals surface area (Å²) >= 11 is 0. The Morgan fingerprint density at radius 1 is 0.682 bits per heavy atom. The molecule has 0 aliphatic carbocycles. The molecule has 1 aliphatic heterocycles. The lowest BCUT2D eigenvalue weighted by atomic mass is 10.2. The molecule has 22 heavy (non-hydrogen) atoms. The maximum Gasteiger partial charge on any atom is 0.316 e. The van der Waals surface area contributed by atoms with E-state index in [2.05, 4.69) is 0 Å². The van der Waals surface area contributed by atoms with Gasteiger partial charge < -0.3 is 9.80 Å². The first kappa shape index (κ1) is 15.0. The first-order chi connectivity index (χ1) is 10.6. The molecular weight excluding hydrogens is 316 g/mol. The second-order valence-electron chi connectivity index (χ2n) is 4.83. The van der Waals surface area contributed by atoms with Gasteiger partial charge in [0.1, 0.15) is 0 Å². The topological polar surface area (TPSA) is 40.6 Å². The van der Waals surface area contributed by atoms with E-state index in [1.54, 1.807) is 35.7 Å². The van der Waals surface area contributed by atoms with Crippen LogP contribution < -0.4 is 9.80 Å². The van der Waals surface area contributed by atoms with Gasteiger partial charge in [0.25, 0.3) is 0 Å². The van der Waals surface area contributed by atoms with E-state index in [4.69, 9.17) is 0 Å². The normalized spacial score (nSPS) is 15.4. The zero-order valence-corrected chi connectivity index (χ0v) is 13.8. The average Bonchev–Trinajstić information content (AvgIpc) is 2.57. The molecule has 2 aromatic carbocycles. The molecule has 1 heterocycles. The van der Waals surface area contributed by atoms with E-state index in [0.29, 0.717) is 0 Å². The molecule has 0 spiro atoms. The summed E-state index contributed by atoms with van der Waals surface area (Å²) in [5.41, 5.74) is 1.48. The van der Waals surface area contributed by atoms with Crippen LogP contribution in [0.4, 0.5) is 11.4 Å². The van der Waals surface area contributed by atoms with E-state index < -0.39 is 11.8 Å². The van der Waals surface area contributed by atoms with E-state index in [9.17, 15) is 9.59 Å². The molecule has 0 radical (unpaired) electrons. The first-order valence-electron chi connectivity index (χ1n) is 6.68. The molecule has 0 saturated heterocycles. The van der Waals surface area contributed by atoms with Crippen molar-refractivity contribution in [2.75, 3.05) is 23.9 Å². The molecule has 0 atom stereocenters. The fourth-order valence-corrected chi connectivity index (χ4v) is 4.62. The second kappa shape index (κ2) is 6.06. The number of hydrogen-bond donors (Lipinski definition) is 0. The van der Waals surface area contributed by atoms with Crippen molar-refractivity contribution in [3.8, 4) is 0 Å². The van der Waals surface area contributed by atoms with E-state index in [0.717, 1.165) is 21.2 Å². The van der Waals surface area contributed by atoms with Crippen LogP contribution in [-0.4, -0.2) is 25.9 Å². The van der Waals surface area contributed by atoms with Gasteiger partial charge in [0.05, 0.1) is 11.4 Å². The minimum atomic E-state index is -0.544. The minimum Gasteiger partial charge on any atom is -0.306 e. The van der Waals surface area contributed by atoms with Gasteiger partial charge in [-0.3, -0.25) is 9.59 Å². The van der Waals surface area contributed by atoms with Gasteiger partial charge in [-0.15, -0.1) is 0 Å². The molecule has 2 aromatic rings. The highest BCUT2D eigenvalue weighted by Gasteiger charge is 2.28. The Bertz CT molecular complexity index is 685. The largest absolute Gasteiger partial charge is 0.316 e. The van der Waals surface area contributed by atoms with Crippen LogP contribution in [0.3, 0.4) is 0 Å². The van der Waals surface area contributed by atoms with Crippen molar-refractivity contribution in [3.63, 3.8) is 0 Å². The van der Waals surface area contributed by atoms with Crippen molar-refractivity contribution in [1.29, 1.82) is 0 Å². The molecule has 1 aliphatic rings. The van der Waals surface area contributed by atoms with Crippen LogP contribution in [0.2, 0.25) is 0 Å². The molecule has 6 heteroatoms. The maximum absolute atomic E-state index is 12.5. The van der Waals surface area contributed by atoms with Crippen LogP contribution in [0.15, 0.2) is 58.3 Å². The third-order valence-corrected chi connectivity index (χ3v) is 5.93. The highest BCUT2D eigenvalue weighted by Crippen LogP contribution is 2.45. The number of benzene rings is 2. The summed E-state index contributed by atoms with van der Waals surface area (Å²) in [6.07, 6.45) is 0. The monoisotopic (exact) mass is 330 g/mol. The summed E-state index contributed by atoms with van der Waals surface area (Å²) in [5.74, 6) is -1.09. The highest BCUT2D eigenvalue weighted by molar-refractivity contribution is 8.76. The van der Waals surface area contributed by atoms with Gasteiger partial charge in [-0.2, -0.15) is 0 Å². The van der Waals surface area contributed by atoms with Crippen LogP contribution in [0.1, 0.15) is 0 Å². The zero-order valence-electron chi connectivity index (χ0n) is 12.1. The predicted molar refractivity (Wildman–Crippen MR) is 91.4 cm³/mol. The van der Waals surface area contributed by atoms with Gasteiger partial charge in [-0.25, -0.2) is 0 Å². The number of likely N-dealkylation sites (N-methyl/N-ethyl adjacent to an activating group) is 2. The summed E-state index contributed by atoms with van der Waals surface area (Å²) in [6.45, 7) is 0. The first-order valence-corrected chi connectivity index (χ1v) is 8.83. The molecule has 0 bridgehead atoms. The lowest BCUT2D eigenvalue weighted by molar-refractivity contribution is -0.135. The number of fused-ring (bicyclic) bond motifs is 2. The van der Waals surface area contributed by atoms with Crippen molar-refractivity contribution in [1.82, 2.24) is 0 Å². The molecule has 0 saturated carbocycles. The predicted octanol–water partition coefficient (Wildman–Crippen LogP) is 3.43. The molecule has 0 unspecified atom stereocenters. The zero-order chi connectivity index (χ0) is 15.7. The fourth-order valence-electron chi connectivity index (χ4n) is 2.20. The van der Waals surface area contributed by atoms with Crippen molar-refractivity contribution in [3.05, 3.63) is 48.5 Å². The molecule has 2 amide bonds. The Morgan fingerprint density at radius 3 is 1.45 bits per heavy atom. The summed E-state index contributed by atoms with van der Waals surface area (Å²) in [4.78, 5) is 29.7. The van der Waals surface area contributed by atoms with Gasteiger partial charge in [-0.05, 0) is 24.3 Å². The van der Waals surface area contributed by atoms with Gasteiger partial charge in [0.2, 0.25) is 0 Å². The summed E-state index contributed by atoms with van der Waals surface area (Å²) < 4.78 is 0. The van der Waals surface area contributed by atoms with Crippen molar-refractivity contribution < 1.29 is 9.59 Å². The summed E-state index contributed by atoms with van der Waals surface area (Å²) in [5, 5.41) is 0. The van der Waals surface area contributed by atoms with Gasteiger partial charge >= 0.3 is 11.8 Å². The van der Waals surface area contributed by atoms with E-state index in [1.807, 2.05) is 48.5 Å².